The number of hydrogen-bond acceptors (Lipinski definition) is 4. The lowest BCUT2D eigenvalue weighted by Crippen LogP contribution is -2.20. The first-order valence-corrected chi connectivity index (χ1v) is 11.8. The standard InChI is InChI=1S/C27H31N3O3/c1-3-5-6-7-16-24-28-23(17-30(24)18-25(31)33-4-2)29-27(32)26-21-14-10-8-12-19(21)20-13-9-11-15-22(20)26/h8-15,17,26H,3-7,16,18H2,1-2H3,(H,29,32). The zero-order valence-corrected chi connectivity index (χ0v) is 19.3. The second-order valence-electron chi connectivity index (χ2n) is 8.38. The van der Waals surface area contributed by atoms with Gasteiger partial charge in [-0.05, 0) is 35.6 Å². The van der Waals surface area contributed by atoms with E-state index in [9.17, 15) is 9.59 Å². The molecule has 0 saturated heterocycles. The van der Waals surface area contributed by atoms with Crippen LogP contribution in [-0.4, -0.2) is 28.0 Å². The number of anilines is 1. The first-order valence-electron chi connectivity index (χ1n) is 11.8. The van der Waals surface area contributed by atoms with Crippen LogP contribution in [0.4, 0.5) is 5.82 Å². The molecular weight excluding hydrogens is 414 g/mol. The highest BCUT2D eigenvalue weighted by Crippen LogP contribution is 2.44. The van der Waals surface area contributed by atoms with Crippen molar-refractivity contribution in [1.82, 2.24) is 9.55 Å². The maximum Gasteiger partial charge on any atom is 0.325 e. The van der Waals surface area contributed by atoms with Crippen LogP contribution in [0.15, 0.2) is 54.7 Å². The van der Waals surface area contributed by atoms with Crippen molar-refractivity contribution in [2.24, 2.45) is 0 Å². The van der Waals surface area contributed by atoms with Crippen LogP contribution in [0.2, 0.25) is 0 Å². The molecule has 172 valence electrons. The van der Waals surface area contributed by atoms with Gasteiger partial charge in [-0.2, -0.15) is 0 Å². The second kappa shape index (κ2) is 10.5. The summed E-state index contributed by atoms with van der Waals surface area (Å²) < 4.78 is 6.92. The quantitative estimate of drug-likeness (QED) is 0.339. The molecule has 0 bridgehead atoms. The number of rotatable bonds is 10. The molecule has 6 nitrogen and oxygen atoms in total. The van der Waals surface area contributed by atoms with E-state index in [1.165, 1.54) is 6.42 Å². The van der Waals surface area contributed by atoms with Gasteiger partial charge in [-0.1, -0.05) is 74.7 Å². The summed E-state index contributed by atoms with van der Waals surface area (Å²) >= 11 is 0. The van der Waals surface area contributed by atoms with Gasteiger partial charge in [0.05, 0.1) is 12.5 Å². The normalized spacial score (nSPS) is 12.3. The summed E-state index contributed by atoms with van der Waals surface area (Å²) in [5.74, 6) is 0.450. The van der Waals surface area contributed by atoms with Crippen molar-refractivity contribution in [3.8, 4) is 11.1 Å². The highest BCUT2D eigenvalue weighted by molar-refractivity contribution is 6.02. The molecule has 3 aromatic rings. The monoisotopic (exact) mass is 445 g/mol. The molecule has 0 fully saturated rings. The van der Waals surface area contributed by atoms with Crippen LogP contribution in [0.25, 0.3) is 11.1 Å². The van der Waals surface area contributed by atoms with Gasteiger partial charge in [0.1, 0.15) is 12.4 Å². The van der Waals surface area contributed by atoms with Gasteiger partial charge in [0.25, 0.3) is 0 Å². The zero-order valence-electron chi connectivity index (χ0n) is 19.3. The number of aryl methyl sites for hydroxylation is 1. The largest absolute Gasteiger partial charge is 0.465 e. The second-order valence-corrected chi connectivity index (χ2v) is 8.38. The van der Waals surface area contributed by atoms with E-state index >= 15 is 0 Å². The number of unbranched alkanes of at least 4 members (excludes halogenated alkanes) is 3. The van der Waals surface area contributed by atoms with Gasteiger partial charge < -0.3 is 14.6 Å². The number of imidazole rings is 1. The lowest BCUT2D eigenvalue weighted by molar-refractivity contribution is -0.143. The molecule has 0 atom stereocenters. The van der Waals surface area contributed by atoms with Crippen molar-refractivity contribution in [1.29, 1.82) is 0 Å². The molecule has 6 heteroatoms. The third-order valence-electron chi connectivity index (χ3n) is 6.07. The van der Waals surface area contributed by atoms with Crippen LogP contribution in [0.5, 0.6) is 0 Å². The molecule has 0 unspecified atom stereocenters. The number of nitrogens with one attached hydrogen (secondary N) is 1. The third-order valence-corrected chi connectivity index (χ3v) is 6.07. The van der Waals surface area contributed by atoms with Gasteiger partial charge >= 0.3 is 5.97 Å². The van der Waals surface area contributed by atoms with Crippen molar-refractivity contribution in [2.75, 3.05) is 11.9 Å². The number of esters is 1. The van der Waals surface area contributed by atoms with Gasteiger partial charge in [0.2, 0.25) is 5.91 Å². The maximum atomic E-state index is 13.4. The Bertz CT molecular complexity index is 1090. The molecule has 33 heavy (non-hydrogen) atoms. The predicted molar refractivity (Wildman–Crippen MR) is 129 cm³/mol. The van der Waals surface area contributed by atoms with Crippen molar-refractivity contribution in [2.45, 2.75) is 58.4 Å². The van der Waals surface area contributed by atoms with E-state index in [0.717, 1.165) is 53.8 Å². The Hall–Kier alpha value is -3.41. The molecular formula is C27H31N3O3. The van der Waals surface area contributed by atoms with Crippen LogP contribution in [0, 0.1) is 0 Å². The first kappa shape index (κ1) is 22.8. The van der Waals surface area contributed by atoms with Crippen molar-refractivity contribution < 1.29 is 14.3 Å². The number of amides is 1. The van der Waals surface area contributed by atoms with Gasteiger partial charge in [-0.15, -0.1) is 0 Å². The molecule has 4 rings (SSSR count). The van der Waals surface area contributed by atoms with Gasteiger partial charge in [-0.3, -0.25) is 9.59 Å². The van der Waals surface area contributed by atoms with E-state index < -0.39 is 0 Å². The average molecular weight is 446 g/mol. The van der Waals surface area contributed by atoms with E-state index in [1.807, 2.05) is 36.4 Å². The van der Waals surface area contributed by atoms with E-state index in [-0.39, 0.29) is 24.3 Å². The van der Waals surface area contributed by atoms with Gasteiger partial charge in [0.15, 0.2) is 5.82 Å². The van der Waals surface area contributed by atoms with Crippen molar-refractivity contribution in [3.63, 3.8) is 0 Å². The fourth-order valence-electron chi connectivity index (χ4n) is 4.54. The Kier molecular flexibility index (Phi) is 7.23. The minimum Gasteiger partial charge on any atom is -0.465 e. The summed E-state index contributed by atoms with van der Waals surface area (Å²) in [7, 11) is 0. The topological polar surface area (TPSA) is 73.2 Å². The SMILES string of the molecule is CCCCCCc1nc(NC(=O)C2c3ccccc3-c3ccccc32)cn1CC(=O)OCC. The summed E-state index contributed by atoms with van der Waals surface area (Å²) in [6, 6.07) is 16.1. The molecule has 0 aliphatic heterocycles. The Morgan fingerprint density at radius 3 is 2.27 bits per heavy atom. The Morgan fingerprint density at radius 1 is 0.970 bits per heavy atom. The van der Waals surface area contributed by atoms with E-state index in [4.69, 9.17) is 4.74 Å². The number of aromatic nitrogens is 2. The Labute approximate surface area is 195 Å². The van der Waals surface area contributed by atoms with E-state index in [2.05, 4.69) is 29.4 Å². The number of benzene rings is 2. The summed E-state index contributed by atoms with van der Waals surface area (Å²) in [6.07, 6.45) is 6.93. The molecule has 2 aromatic carbocycles. The van der Waals surface area contributed by atoms with Crippen LogP contribution < -0.4 is 5.32 Å². The molecule has 1 aliphatic carbocycles. The Balaban J connectivity index is 1.56. The molecule has 1 amide bonds. The molecule has 1 N–H and O–H groups in total. The lowest BCUT2D eigenvalue weighted by Gasteiger charge is -2.12. The van der Waals surface area contributed by atoms with Gasteiger partial charge in [0, 0.05) is 12.6 Å². The summed E-state index contributed by atoms with van der Waals surface area (Å²) in [5.41, 5.74) is 4.19. The van der Waals surface area contributed by atoms with Crippen LogP contribution in [0.3, 0.4) is 0 Å². The third kappa shape index (κ3) is 5.00. The van der Waals surface area contributed by atoms with Crippen molar-refractivity contribution >= 4 is 17.7 Å². The van der Waals surface area contributed by atoms with Crippen molar-refractivity contribution in [3.05, 3.63) is 71.7 Å². The molecule has 0 saturated carbocycles. The van der Waals surface area contributed by atoms with Crippen LogP contribution in [0.1, 0.15) is 62.4 Å². The fourth-order valence-corrected chi connectivity index (χ4v) is 4.54. The molecule has 0 radical (unpaired) electrons. The molecule has 0 spiro atoms. The smallest absolute Gasteiger partial charge is 0.325 e. The van der Waals surface area contributed by atoms with Gasteiger partial charge in [-0.25, -0.2) is 4.98 Å². The molecule has 1 heterocycles. The summed E-state index contributed by atoms with van der Waals surface area (Å²) in [6.45, 7) is 4.40. The highest BCUT2D eigenvalue weighted by atomic mass is 16.5. The number of carbonyl (C=O) groups excluding carboxylic acids is 2. The fraction of sp³-hybridized carbons (Fsp3) is 0.370. The van der Waals surface area contributed by atoms with Crippen LogP contribution >= 0.6 is 0 Å². The average Bonchev–Trinajstić information content (AvgIpc) is 3.35. The zero-order chi connectivity index (χ0) is 23.2. The van der Waals surface area contributed by atoms with E-state index in [0.29, 0.717) is 12.4 Å². The molecule has 1 aliphatic rings. The number of nitrogens with zero attached hydrogens (tertiary/aromatic N) is 2. The molecule has 1 aromatic heterocycles. The highest BCUT2D eigenvalue weighted by Gasteiger charge is 2.33. The lowest BCUT2D eigenvalue weighted by atomic mass is 9.96. The first-order chi connectivity index (χ1) is 16.1. The number of fused-ring (bicyclic) bond motifs is 3. The number of carbonyl (C=O) groups is 2. The Morgan fingerprint density at radius 2 is 1.64 bits per heavy atom. The summed E-state index contributed by atoms with van der Waals surface area (Å²) in [4.78, 5) is 30.2. The minimum absolute atomic E-state index is 0.0922. The number of hydrogen-bond donors (Lipinski definition) is 1. The van der Waals surface area contributed by atoms with E-state index in [1.54, 1.807) is 17.7 Å². The number of ether oxygens (including phenoxy) is 1. The van der Waals surface area contributed by atoms with Crippen LogP contribution in [-0.2, 0) is 27.3 Å². The predicted octanol–water partition coefficient (Wildman–Crippen LogP) is 5.32. The summed E-state index contributed by atoms with van der Waals surface area (Å²) in [5, 5.41) is 3.01. The maximum absolute atomic E-state index is 13.4. The minimum atomic E-state index is -0.388.